The van der Waals surface area contributed by atoms with E-state index in [1.807, 2.05) is 0 Å². The average molecular weight is 335 g/mol. The summed E-state index contributed by atoms with van der Waals surface area (Å²) in [5.74, 6) is -0.884. The van der Waals surface area contributed by atoms with Gasteiger partial charge in [0.1, 0.15) is 5.82 Å². The third kappa shape index (κ3) is 2.86. The van der Waals surface area contributed by atoms with Crippen molar-refractivity contribution < 1.29 is 13.9 Å². The van der Waals surface area contributed by atoms with Crippen molar-refractivity contribution in [3.05, 3.63) is 29.1 Å². The maximum Gasteiger partial charge on any atom is 0.342 e. The Morgan fingerprint density at radius 3 is 2.88 bits per heavy atom. The van der Waals surface area contributed by atoms with E-state index in [1.165, 1.54) is 6.07 Å². The van der Waals surface area contributed by atoms with Crippen molar-refractivity contribution in [2.75, 3.05) is 25.1 Å². The molecular weight excluding hydrogens is 313 g/mol. The largest absolute Gasteiger partial charge is 0.436 e. The molecule has 24 heavy (non-hydrogen) atoms. The second-order valence-corrected chi connectivity index (χ2v) is 6.58. The number of ether oxygens (including phenoxy) is 1. The van der Waals surface area contributed by atoms with Crippen LogP contribution in [0.25, 0.3) is 0 Å². The van der Waals surface area contributed by atoms with Crippen LogP contribution in [0.2, 0.25) is 0 Å². The van der Waals surface area contributed by atoms with Gasteiger partial charge in [-0.3, -0.25) is 4.90 Å². The van der Waals surface area contributed by atoms with E-state index in [0.29, 0.717) is 11.3 Å². The fraction of sp³-hybridized carbons (Fsp3) is 0.562. The van der Waals surface area contributed by atoms with E-state index in [0.717, 1.165) is 32.6 Å². The molecule has 2 fully saturated rings. The van der Waals surface area contributed by atoms with Gasteiger partial charge in [-0.05, 0) is 37.5 Å². The number of hydrazine groups is 1. The predicted molar refractivity (Wildman–Crippen MR) is 86.6 cm³/mol. The van der Waals surface area contributed by atoms with Gasteiger partial charge in [-0.2, -0.15) is 0 Å². The van der Waals surface area contributed by atoms with Crippen LogP contribution in [0.15, 0.2) is 12.1 Å². The van der Waals surface area contributed by atoms with Crippen molar-refractivity contribution in [3.63, 3.8) is 0 Å². The van der Waals surface area contributed by atoms with Gasteiger partial charge in [0.05, 0.1) is 23.5 Å². The fourth-order valence-corrected chi connectivity index (χ4v) is 3.49. The number of aryl methyl sites for hydroxylation is 1. The molecule has 0 aliphatic carbocycles. The second-order valence-electron chi connectivity index (χ2n) is 6.58. The number of benzene rings is 1. The number of hydrogen-bond donors (Lipinski definition) is 4. The first kappa shape index (κ1) is 15.8. The highest BCUT2D eigenvalue weighted by molar-refractivity contribution is 5.97. The lowest BCUT2D eigenvalue weighted by Gasteiger charge is -2.40. The topological polar surface area (TPSA) is 77.7 Å². The highest BCUT2D eigenvalue weighted by Crippen LogP contribution is 2.28. The molecular formula is C16H22FN5O2. The number of carbonyl (C=O) groups excluding carboxylic acids is 1. The first-order valence-corrected chi connectivity index (χ1v) is 8.35. The summed E-state index contributed by atoms with van der Waals surface area (Å²) in [6, 6.07) is 2.85. The predicted octanol–water partition coefficient (Wildman–Crippen LogP) is 0.488. The molecule has 3 aliphatic rings. The average Bonchev–Trinajstić information content (AvgIpc) is 3.11. The van der Waals surface area contributed by atoms with Gasteiger partial charge >= 0.3 is 5.97 Å². The molecule has 0 amide bonds. The Labute approximate surface area is 139 Å². The van der Waals surface area contributed by atoms with Gasteiger partial charge in [0, 0.05) is 19.8 Å². The summed E-state index contributed by atoms with van der Waals surface area (Å²) in [6.45, 7) is 4.61. The Morgan fingerprint density at radius 1 is 1.29 bits per heavy atom. The van der Waals surface area contributed by atoms with Crippen LogP contribution in [-0.2, 0) is 4.74 Å². The van der Waals surface area contributed by atoms with Gasteiger partial charge in [0.25, 0.3) is 0 Å². The molecule has 7 nitrogen and oxygen atoms in total. The maximum atomic E-state index is 13.7. The molecule has 3 unspecified atom stereocenters. The third-order valence-corrected chi connectivity index (χ3v) is 4.93. The lowest BCUT2D eigenvalue weighted by atomic mass is 10.0. The summed E-state index contributed by atoms with van der Waals surface area (Å²) in [5, 5.41) is 6.53. The first-order chi connectivity index (χ1) is 11.6. The highest BCUT2D eigenvalue weighted by Gasteiger charge is 2.36. The van der Waals surface area contributed by atoms with E-state index < -0.39 is 18.0 Å². The van der Waals surface area contributed by atoms with Gasteiger partial charge in [-0.1, -0.05) is 0 Å². The molecule has 3 heterocycles. The van der Waals surface area contributed by atoms with E-state index in [2.05, 4.69) is 26.4 Å². The first-order valence-electron chi connectivity index (χ1n) is 8.35. The molecule has 4 N–H and O–H groups in total. The van der Waals surface area contributed by atoms with Crippen LogP contribution in [-0.4, -0.2) is 49.1 Å². The zero-order valence-electron chi connectivity index (χ0n) is 13.6. The normalized spacial score (nSPS) is 30.6. The molecule has 1 aromatic carbocycles. The minimum atomic E-state index is -0.486. The number of anilines is 1. The SMILES string of the molecule is Cc1cc2c(cc1F)C(=O)OC(C1CCC(N3CCNC3)NN1)N2. The number of carbonyl (C=O) groups is 1. The summed E-state index contributed by atoms with van der Waals surface area (Å²) in [6.07, 6.45) is 1.64. The molecule has 3 aliphatic heterocycles. The molecule has 4 rings (SSSR count). The van der Waals surface area contributed by atoms with E-state index >= 15 is 0 Å². The Bertz CT molecular complexity index is 642. The summed E-state index contributed by atoms with van der Waals surface area (Å²) < 4.78 is 19.1. The fourth-order valence-electron chi connectivity index (χ4n) is 3.49. The van der Waals surface area contributed by atoms with Gasteiger partial charge in [-0.25, -0.2) is 20.0 Å². The van der Waals surface area contributed by atoms with Crippen molar-refractivity contribution in [1.82, 2.24) is 21.1 Å². The van der Waals surface area contributed by atoms with E-state index in [4.69, 9.17) is 4.74 Å². The van der Waals surface area contributed by atoms with Gasteiger partial charge in [0.15, 0.2) is 6.23 Å². The Balaban J connectivity index is 1.43. The molecule has 0 aromatic heterocycles. The number of cyclic esters (lactones) is 1. The molecule has 8 heteroatoms. The molecule has 2 saturated heterocycles. The summed E-state index contributed by atoms with van der Waals surface area (Å²) >= 11 is 0. The van der Waals surface area contributed by atoms with Crippen LogP contribution in [0.3, 0.4) is 0 Å². The Hall–Kier alpha value is -1.74. The maximum absolute atomic E-state index is 13.7. The lowest BCUT2D eigenvalue weighted by molar-refractivity contribution is 0.0119. The van der Waals surface area contributed by atoms with Gasteiger partial charge in [0.2, 0.25) is 0 Å². The van der Waals surface area contributed by atoms with Crippen molar-refractivity contribution in [2.45, 2.75) is 38.2 Å². The van der Waals surface area contributed by atoms with Crippen molar-refractivity contribution in [3.8, 4) is 0 Å². The van der Waals surface area contributed by atoms with Crippen molar-refractivity contribution >= 4 is 11.7 Å². The van der Waals surface area contributed by atoms with Gasteiger partial charge in [-0.15, -0.1) is 0 Å². The van der Waals surface area contributed by atoms with Crippen LogP contribution in [0.5, 0.6) is 0 Å². The van der Waals surface area contributed by atoms with Crippen LogP contribution in [0.1, 0.15) is 28.8 Å². The van der Waals surface area contributed by atoms with Gasteiger partial charge < -0.3 is 15.4 Å². The zero-order valence-corrected chi connectivity index (χ0v) is 13.6. The Kier molecular flexibility index (Phi) is 4.13. The molecule has 130 valence electrons. The number of halogens is 1. The number of hydrogen-bond acceptors (Lipinski definition) is 7. The number of esters is 1. The van der Waals surface area contributed by atoms with Crippen molar-refractivity contribution in [1.29, 1.82) is 0 Å². The molecule has 0 bridgehead atoms. The third-order valence-electron chi connectivity index (χ3n) is 4.93. The summed E-state index contributed by atoms with van der Waals surface area (Å²) in [5.41, 5.74) is 7.95. The summed E-state index contributed by atoms with van der Waals surface area (Å²) in [7, 11) is 0. The second kappa shape index (κ2) is 6.29. The minimum Gasteiger partial charge on any atom is -0.436 e. The number of nitrogens with zero attached hydrogens (tertiary/aromatic N) is 1. The lowest BCUT2D eigenvalue weighted by Crippen LogP contribution is -2.62. The quantitative estimate of drug-likeness (QED) is 0.586. The molecule has 1 aromatic rings. The minimum absolute atomic E-state index is 0.0423. The monoisotopic (exact) mass is 335 g/mol. The Morgan fingerprint density at radius 2 is 2.17 bits per heavy atom. The molecule has 0 spiro atoms. The molecule has 0 saturated carbocycles. The number of fused-ring (bicyclic) bond motifs is 1. The van der Waals surface area contributed by atoms with E-state index in [-0.39, 0.29) is 17.8 Å². The molecule has 0 radical (unpaired) electrons. The van der Waals surface area contributed by atoms with Crippen LogP contribution >= 0.6 is 0 Å². The van der Waals surface area contributed by atoms with E-state index in [9.17, 15) is 9.18 Å². The smallest absolute Gasteiger partial charge is 0.342 e. The van der Waals surface area contributed by atoms with Crippen LogP contribution in [0, 0.1) is 12.7 Å². The van der Waals surface area contributed by atoms with Crippen LogP contribution in [0.4, 0.5) is 10.1 Å². The van der Waals surface area contributed by atoms with E-state index in [1.54, 1.807) is 13.0 Å². The highest BCUT2D eigenvalue weighted by atomic mass is 19.1. The van der Waals surface area contributed by atoms with Crippen LogP contribution < -0.4 is 21.5 Å². The number of rotatable bonds is 2. The number of nitrogens with one attached hydrogen (secondary N) is 4. The standard InChI is InChI=1S/C16H22FN5O2/c1-9-6-13-10(7-11(9)17)16(23)24-15(19-13)12-2-3-14(21-20-12)22-5-4-18-8-22/h6-7,12,14-15,18-21H,2-5,8H2,1H3. The summed E-state index contributed by atoms with van der Waals surface area (Å²) in [4.78, 5) is 14.5. The zero-order chi connectivity index (χ0) is 16.7. The van der Waals surface area contributed by atoms with Crippen molar-refractivity contribution in [2.24, 2.45) is 0 Å². The molecule has 3 atom stereocenters.